The maximum Gasteiger partial charge on any atom is 0.407 e. The molecule has 0 aliphatic carbocycles. The van der Waals surface area contributed by atoms with Crippen LogP contribution in [-0.4, -0.2) is 52.2 Å². The molecule has 1 N–H and O–H groups in total. The summed E-state index contributed by atoms with van der Waals surface area (Å²) in [4.78, 5) is 23.7. The fourth-order valence-corrected chi connectivity index (χ4v) is 3.50. The lowest BCUT2D eigenvalue weighted by Gasteiger charge is -2.22. The van der Waals surface area contributed by atoms with Gasteiger partial charge >= 0.3 is 6.09 Å². The van der Waals surface area contributed by atoms with Gasteiger partial charge in [-0.2, -0.15) is 0 Å². The molecule has 1 unspecified atom stereocenters. The molecule has 0 bridgehead atoms. The topological polar surface area (TPSA) is 82.7 Å². The number of carbonyl (C=O) groups is 1. The van der Waals surface area contributed by atoms with Crippen LogP contribution in [0.15, 0.2) is 22.6 Å². The molecule has 0 saturated carbocycles. The van der Waals surface area contributed by atoms with Gasteiger partial charge in [-0.1, -0.05) is 11.6 Å². The summed E-state index contributed by atoms with van der Waals surface area (Å²) in [6.07, 6.45) is -0.173. The number of hydrogen-bond acceptors (Lipinski definition) is 5. The fourth-order valence-electron chi connectivity index (χ4n) is 3.33. The van der Waals surface area contributed by atoms with Gasteiger partial charge in [0.25, 0.3) is 0 Å². The highest BCUT2D eigenvalue weighted by atomic mass is 35.5. The second-order valence-electron chi connectivity index (χ2n) is 6.30. The van der Waals surface area contributed by atoms with Crippen LogP contribution in [0.25, 0.3) is 22.1 Å². The van der Waals surface area contributed by atoms with Crippen LogP contribution in [0.2, 0.25) is 5.02 Å². The number of aryl methyl sites for hydroxylation is 1. The molecule has 1 atom stereocenters. The highest BCUT2D eigenvalue weighted by Crippen LogP contribution is 2.35. The van der Waals surface area contributed by atoms with Gasteiger partial charge in [0.05, 0.1) is 6.04 Å². The van der Waals surface area contributed by atoms with Crippen LogP contribution < -0.4 is 4.90 Å². The third kappa shape index (κ3) is 2.64. The molecule has 1 saturated heterocycles. The number of hydrogen-bond donors (Lipinski definition) is 1. The molecule has 0 spiro atoms. The highest BCUT2D eigenvalue weighted by Gasteiger charge is 2.31. The minimum atomic E-state index is -0.922. The summed E-state index contributed by atoms with van der Waals surface area (Å²) in [5, 5.41) is 10.7. The van der Waals surface area contributed by atoms with Crippen molar-refractivity contribution in [1.82, 2.24) is 14.9 Å². The lowest BCUT2D eigenvalue weighted by atomic mass is 10.2. The Morgan fingerprint density at radius 3 is 3.00 bits per heavy atom. The Hall–Kier alpha value is -2.54. The average molecular weight is 361 g/mol. The molecule has 130 valence electrons. The van der Waals surface area contributed by atoms with Crippen LogP contribution in [0.3, 0.4) is 0 Å². The number of halogens is 1. The smallest absolute Gasteiger partial charge is 0.407 e. The molecule has 3 aromatic rings. The standard InChI is InChI=1S/C17H17ClN4O3/c1-9-19-14-12-7-10(18)3-4-13(12)25-15(14)16(20-9)22-6-5-11(8-22)21(2)17(23)24/h3-4,7,11H,5-6,8H2,1-2H3,(H,23,24). The Kier molecular flexibility index (Phi) is 3.68. The van der Waals surface area contributed by atoms with E-state index in [-0.39, 0.29) is 6.04 Å². The summed E-state index contributed by atoms with van der Waals surface area (Å²) < 4.78 is 5.99. The molecule has 1 aliphatic rings. The zero-order chi connectivity index (χ0) is 17.7. The van der Waals surface area contributed by atoms with Gasteiger partial charge in [-0.15, -0.1) is 0 Å². The maximum atomic E-state index is 11.2. The van der Waals surface area contributed by atoms with Gasteiger partial charge in [-0.25, -0.2) is 14.8 Å². The Morgan fingerprint density at radius 1 is 1.44 bits per heavy atom. The molecule has 3 heterocycles. The largest absolute Gasteiger partial charge is 0.465 e. The van der Waals surface area contributed by atoms with Gasteiger partial charge in [0.1, 0.15) is 16.9 Å². The van der Waals surface area contributed by atoms with Crippen LogP contribution in [0.5, 0.6) is 0 Å². The summed E-state index contributed by atoms with van der Waals surface area (Å²) in [6, 6.07) is 5.37. The number of anilines is 1. The van der Waals surface area contributed by atoms with Crippen LogP contribution >= 0.6 is 11.6 Å². The van der Waals surface area contributed by atoms with Crippen LogP contribution in [-0.2, 0) is 0 Å². The number of carboxylic acid groups (broad SMARTS) is 1. The first-order valence-electron chi connectivity index (χ1n) is 8.01. The van der Waals surface area contributed by atoms with E-state index in [0.717, 1.165) is 17.3 Å². The third-order valence-electron chi connectivity index (χ3n) is 4.68. The normalized spacial score (nSPS) is 17.6. The monoisotopic (exact) mass is 360 g/mol. The number of likely N-dealkylation sites (N-methyl/N-ethyl adjacent to an activating group) is 1. The molecule has 2 aromatic heterocycles. The number of amides is 1. The molecule has 0 radical (unpaired) electrons. The van der Waals surface area contributed by atoms with Gasteiger partial charge in [0, 0.05) is 30.5 Å². The molecule has 1 aliphatic heterocycles. The lowest BCUT2D eigenvalue weighted by molar-refractivity contribution is 0.142. The number of aromatic nitrogens is 2. The van der Waals surface area contributed by atoms with Crippen molar-refractivity contribution < 1.29 is 14.3 Å². The molecule has 8 heteroatoms. The van der Waals surface area contributed by atoms with Crippen molar-refractivity contribution in [2.45, 2.75) is 19.4 Å². The molecule has 1 amide bonds. The Balaban J connectivity index is 1.80. The first-order valence-corrected chi connectivity index (χ1v) is 8.39. The van der Waals surface area contributed by atoms with Crippen molar-refractivity contribution in [2.24, 2.45) is 0 Å². The number of nitrogens with zero attached hydrogens (tertiary/aromatic N) is 4. The third-order valence-corrected chi connectivity index (χ3v) is 4.92. The summed E-state index contributed by atoms with van der Waals surface area (Å²) in [6.45, 7) is 3.13. The van der Waals surface area contributed by atoms with Crippen LogP contribution in [0.1, 0.15) is 12.2 Å². The van der Waals surface area contributed by atoms with E-state index < -0.39 is 6.09 Å². The number of furan rings is 1. The zero-order valence-electron chi connectivity index (χ0n) is 13.9. The van der Waals surface area contributed by atoms with Gasteiger partial charge in [-0.3, -0.25) is 0 Å². The van der Waals surface area contributed by atoms with Gasteiger partial charge < -0.3 is 19.3 Å². The van der Waals surface area contributed by atoms with Crippen molar-refractivity contribution in [3.63, 3.8) is 0 Å². The molecular weight excluding hydrogens is 344 g/mol. The predicted octanol–water partition coefficient (Wildman–Crippen LogP) is 3.53. The second-order valence-corrected chi connectivity index (χ2v) is 6.73. The average Bonchev–Trinajstić information content (AvgIpc) is 3.18. The van der Waals surface area contributed by atoms with E-state index in [4.69, 9.17) is 16.0 Å². The van der Waals surface area contributed by atoms with E-state index in [1.54, 1.807) is 13.1 Å². The number of benzene rings is 1. The first kappa shape index (κ1) is 16.0. The minimum Gasteiger partial charge on any atom is -0.465 e. The van der Waals surface area contributed by atoms with Crippen LogP contribution in [0, 0.1) is 6.92 Å². The Labute approximate surface area is 148 Å². The van der Waals surface area contributed by atoms with E-state index in [2.05, 4.69) is 14.9 Å². The molecule has 25 heavy (non-hydrogen) atoms. The molecule has 4 rings (SSSR count). The summed E-state index contributed by atoms with van der Waals surface area (Å²) in [7, 11) is 1.60. The van der Waals surface area contributed by atoms with Crippen molar-refractivity contribution in [3.8, 4) is 0 Å². The quantitative estimate of drug-likeness (QED) is 0.752. The van der Waals surface area contributed by atoms with Crippen molar-refractivity contribution in [1.29, 1.82) is 0 Å². The van der Waals surface area contributed by atoms with Gasteiger partial charge in [-0.05, 0) is 31.5 Å². The fraction of sp³-hybridized carbons (Fsp3) is 0.353. The van der Waals surface area contributed by atoms with E-state index in [0.29, 0.717) is 40.9 Å². The van der Waals surface area contributed by atoms with Gasteiger partial charge in [0.2, 0.25) is 0 Å². The highest BCUT2D eigenvalue weighted by molar-refractivity contribution is 6.31. The van der Waals surface area contributed by atoms with Crippen molar-refractivity contribution in [2.75, 3.05) is 25.0 Å². The molecule has 1 aromatic carbocycles. The molecule has 7 nitrogen and oxygen atoms in total. The summed E-state index contributed by atoms with van der Waals surface area (Å²) in [5.41, 5.74) is 2.05. The summed E-state index contributed by atoms with van der Waals surface area (Å²) in [5.74, 6) is 1.34. The Bertz CT molecular complexity index is 987. The van der Waals surface area contributed by atoms with Crippen LogP contribution in [0.4, 0.5) is 10.6 Å². The predicted molar refractivity (Wildman–Crippen MR) is 95.5 cm³/mol. The Morgan fingerprint density at radius 2 is 2.24 bits per heavy atom. The SMILES string of the molecule is Cc1nc(N2CCC(N(C)C(=O)O)C2)c2oc3ccc(Cl)cc3c2n1. The summed E-state index contributed by atoms with van der Waals surface area (Å²) >= 11 is 6.11. The lowest BCUT2D eigenvalue weighted by Crippen LogP contribution is -2.38. The maximum absolute atomic E-state index is 11.2. The first-order chi connectivity index (χ1) is 11.9. The van der Waals surface area contributed by atoms with E-state index in [9.17, 15) is 9.90 Å². The van der Waals surface area contributed by atoms with Gasteiger partial charge in [0.15, 0.2) is 11.4 Å². The van der Waals surface area contributed by atoms with E-state index in [1.807, 2.05) is 19.1 Å². The van der Waals surface area contributed by atoms with E-state index in [1.165, 1.54) is 4.90 Å². The molecular formula is C17H17ClN4O3. The van der Waals surface area contributed by atoms with E-state index >= 15 is 0 Å². The number of fused-ring (bicyclic) bond motifs is 3. The molecule has 1 fully saturated rings. The van der Waals surface area contributed by atoms with Crippen molar-refractivity contribution >= 4 is 45.6 Å². The zero-order valence-corrected chi connectivity index (χ0v) is 14.6. The van der Waals surface area contributed by atoms with Crippen molar-refractivity contribution in [3.05, 3.63) is 29.0 Å². The number of rotatable bonds is 2. The second kappa shape index (κ2) is 5.77. The minimum absolute atomic E-state index is 0.0679.